The highest BCUT2D eigenvalue weighted by atomic mass is 32.1. The van der Waals surface area contributed by atoms with Crippen LogP contribution in [0.1, 0.15) is 17.7 Å². The number of piperidine rings is 1. The number of hydrogen-bond acceptors (Lipinski definition) is 3. The molecule has 1 fully saturated rings. The summed E-state index contributed by atoms with van der Waals surface area (Å²) in [5.74, 6) is -0.00859. The average molecular weight is 328 g/mol. The van der Waals surface area contributed by atoms with E-state index in [2.05, 4.69) is 5.32 Å². The van der Waals surface area contributed by atoms with E-state index >= 15 is 0 Å². The molecule has 0 aliphatic carbocycles. The maximum absolute atomic E-state index is 12.4. The van der Waals surface area contributed by atoms with E-state index in [4.69, 9.17) is 0 Å². The van der Waals surface area contributed by atoms with Crippen molar-refractivity contribution in [3.8, 4) is 0 Å². The first-order valence-corrected chi connectivity index (χ1v) is 8.76. The van der Waals surface area contributed by atoms with Gasteiger partial charge in [-0.15, -0.1) is 11.3 Å². The molecule has 1 atom stereocenters. The van der Waals surface area contributed by atoms with E-state index < -0.39 is 0 Å². The summed E-state index contributed by atoms with van der Waals surface area (Å²) in [7, 11) is 0. The van der Waals surface area contributed by atoms with Gasteiger partial charge in [0.05, 0.1) is 12.3 Å². The maximum atomic E-state index is 12.4. The van der Waals surface area contributed by atoms with Crippen molar-refractivity contribution in [2.45, 2.75) is 19.3 Å². The lowest BCUT2D eigenvalue weighted by Crippen LogP contribution is -2.44. The molecule has 1 N–H and O–H groups in total. The molecule has 1 saturated heterocycles. The smallest absolute Gasteiger partial charge is 0.229 e. The van der Waals surface area contributed by atoms with E-state index in [1.54, 1.807) is 11.3 Å². The van der Waals surface area contributed by atoms with Crippen molar-refractivity contribution in [3.05, 3.63) is 52.7 Å². The Kier molecular flexibility index (Phi) is 5.08. The second kappa shape index (κ2) is 7.42. The number of likely N-dealkylation sites (tertiary alicyclic amines) is 1. The van der Waals surface area contributed by atoms with Gasteiger partial charge >= 0.3 is 0 Å². The van der Waals surface area contributed by atoms with Crippen molar-refractivity contribution in [2.24, 2.45) is 5.92 Å². The van der Waals surface area contributed by atoms with E-state index in [1.807, 2.05) is 52.7 Å². The van der Waals surface area contributed by atoms with Crippen molar-refractivity contribution in [1.82, 2.24) is 4.90 Å². The molecule has 1 aliphatic rings. The van der Waals surface area contributed by atoms with E-state index in [1.165, 1.54) is 0 Å². The largest absolute Gasteiger partial charge is 0.342 e. The fourth-order valence-corrected chi connectivity index (χ4v) is 3.55. The standard InChI is InChI=1S/C18H20N2O2S/c21-17(12-16-9-5-11-23-16)20-10-4-6-14(13-20)18(22)19-15-7-2-1-3-8-15/h1-3,5,7-9,11,14H,4,6,10,12-13H2,(H,19,22)/t14-/m1/s1. The number of thiophene rings is 1. The number of rotatable bonds is 4. The third-order valence-corrected chi connectivity index (χ3v) is 4.97. The van der Waals surface area contributed by atoms with Gasteiger partial charge in [0.1, 0.15) is 0 Å². The lowest BCUT2D eigenvalue weighted by atomic mass is 9.96. The molecule has 5 heteroatoms. The maximum Gasteiger partial charge on any atom is 0.229 e. The molecule has 0 unspecified atom stereocenters. The summed E-state index contributed by atoms with van der Waals surface area (Å²) in [4.78, 5) is 27.7. The van der Waals surface area contributed by atoms with E-state index in [0.717, 1.165) is 30.0 Å². The zero-order valence-corrected chi connectivity index (χ0v) is 13.7. The van der Waals surface area contributed by atoms with Gasteiger partial charge in [0.25, 0.3) is 0 Å². The van der Waals surface area contributed by atoms with Gasteiger partial charge in [0, 0.05) is 23.7 Å². The predicted octanol–water partition coefficient (Wildman–Crippen LogP) is 3.17. The topological polar surface area (TPSA) is 49.4 Å². The molecule has 4 nitrogen and oxygen atoms in total. The Morgan fingerprint density at radius 1 is 1.17 bits per heavy atom. The van der Waals surface area contributed by atoms with Crippen LogP contribution in [-0.2, 0) is 16.0 Å². The molecule has 0 spiro atoms. The highest BCUT2D eigenvalue weighted by molar-refractivity contribution is 7.10. The van der Waals surface area contributed by atoms with E-state index in [0.29, 0.717) is 13.0 Å². The molecule has 23 heavy (non-hydrogen) atoms. The van der Waals surface area contributed by atoms with Gasteiger partial charge in [-0.1, -0.05) is 24.3 Å². The minimum absolute atomic E-state index is 0.00447. The fourth-order valence-electron chi connectivity index (χ4n) is 2.86. The third-order valence-electron chi connectivity index (χ3n) is 4.09. The van der Waals surface area contributed by atoms with E-state index in [-0.39, 0.29) is 17.7 Å². The van der Waals surface area contributed by atoms with Crippen LogP contribution in [0.2, 0.25) is 0 Å². The van der Waals surface area contributed by atoms with Gasteiger partial charge in [0.2, 0.25) is 11.8 Å². The van der Waals surface area contributed by atoms with Gasteiger partial charge in [-0.05, 0) is 36.4 Å². The minimum Gasteiger partial charge on any atom is -0.342 e. The highest BCUT2D eigenvalue weighted by Crippen LogP contribution is 2.20. The van der Waals surface area contributed by atoms with Crippen LogP contribution in [0.3, 0.4) is 0 Å². The van der Waals surface area contributed by atoms with Crippen LogP contribution in [-0.4, -0.2) is 29.8 Å². The number of carbonyl (C=O) groups excluding carboxylic acids is 2. The second-order valence-electron chi connectivity index (χ2n) is 5.79. The third kappa shape index (κ3) is 4.20. The first-order chi connectivity index (χ1) is 11.2. The van der Waals surface area contributed by atoms with Crippen molar-refractivity contribution < 1.29 is 9.59 Å². The number of nitrogens with one attached hydrogen (secondary N) is 1. The summed E-state index contributed by atoms with van der Waals surface area (Å²) in [5.41, 5.74) is 0.805. The molecule has 2 heterocycles. The Labute approximate surface area is 140 Å². The summed E-state index contributed by atoms with van der Waals surface area (Å²) in [6, 6.07) is 13.4. The minimum atomic E-state index is -0.128. The first-order valence-electron chi connectivity index (χ1n) is 7.88. The van der Waals surface area contributed by atoms with Crippen LogP contribution in [0.15, 0.2) is 47.8 Å². The zero-order chi connectivity index (χ0) is 16.1. The van der Waals surface area contributed by atoms with Crippen molar-refractivity contribution in [1.29, 1.82) is 0 Å². The zero-order valence-electron chi connectivity index (χ0n) is 12.9. The van der Waals surface area contributed by atoms with E-state index in [9.17, 15) is 9.59 Å². The number of hydrogen-bond donors (Lipinski definition) is 1. The number of amides is 2. The normalized spacial score (nSPS) is 17.7. The van der Waals surface area contributed by atoms with Crippen LogP contribution in [0.4, 0.5) is 5.69 Å². The summed E-state index contributed by atoms with van der Waals surface area (Å²) >= 11 is 1.60. The average Bonchev–Trinajstić information content (AvgIpc) is 3.09. The van der Waals surface area contributed by atoms with Gasteiger partial charge in [-0.2, -0.15) is 0 Å². The molecule has 120 valence electrons. The summed E-state index contributed by atoms with van der Waals surface area (Å²) in [5, 5.41) is 4.92. The quantitative estimate of drug-likeness (QED) is 0.937. The Morgan fingerprint density at radius 3 is 2.74 bits per heavy atom. The van der Waals surface area contributed by atoms with Crippen molar-refractivity contribution in [2.75, 3.05) is 18.4 Å². The Hall–Kier alpha value is -2.14. The molecule has 0 radical (unpaired) electrons. The summed E-state index contributed by atoms with van der Waals surface area (Å²) in [6.07, 6.45) is 2.15. The first kappa shape index (κ1) is 15.7. The van der Waals surface area contributed by atoms with Crippen LogP contribution >= 0.6 is 11.3 Å². The molecule has 2 amide bonds. The summed E-state index contributed by atoms with van der Waals surface area (Å²) in [6.45, 7) is 1.27. The van der Waals surface area contributed by atoms with Crippen LogP contribution in [0.5, 0.6) is 0 Å². The SMILES string of the molecule is O=C(Nc1ccccc1)[C@@H]1CCCN(C(=O)Cc2cccs2)C1. The van der Waals surface area contributed by atoms with Gasteiger partial charge in [0.15, 0.2) is 0 Å². The number of benzene rings is 1. The predicted molar refractivity (Wildman–Crippen MR) is 92.4 cm³/mol. The van der Waals surface area contributed by atoms with Crippen molar-refractivity contribution in [3.63, 3.8) is 0 Å². The van der Waals surface area contributed by atoms with Gasteiger partial charge < -0.3 is 10.2 Å². The molecule has 0 saturated carbocycles. The number of anilines is 1. The van der Waals surface area contributed by atoms with Crippen LogP contribution in [0, 0.1) is 5.92 Å². The monoisotopic (exact) mass is 328 g/mol. The lowest BCUT2D eigenvalue weighted by molar-refractivity contribution is -0.133. The molecule has 3 rings (SSSR count). The van der Waals surface area contributed by atoms with Crippen molar-refractivity contribution >= 4 is 28.8 Å². The Balaban J connectivity index is 1.57. The Bertz CT molecular complexity index is 655. The molecular weight excluding hydrogens is 308 g/mol. The number of nitrogens with zero attached hydrogens (tertiary/aromatic N) is 1. The molecule has 2 aromatic rings. The fraction of sp³-hybridized carbons (Fsp3) is 0.333. The Morgan fingerprint density at radius 2 is 2.00 bits per heavy atom. The molecule has 1 aliphatic heterocycles. The van der Waals surface area contributed by atoms with Crippen LogP contribution in [0.25, 0.3) is 0 Å². The van der Waals surface area contributed by atoms with Gasteiger partial charge in [-0.3, -0.25) is 9.59 Å². The number of carbonyl (C=O) groups is 2. The molecule has 0 bridgehead atoms. The molecule has 1 aromatic heterocycles. The van der Waals surface area contributed by atoms with Gasteiger partial charge in [-0.25, -0.2) is 0 Å². The highest BCUT2D eigenvalue weighted by Gasteiger charge is 2.28. The lowest BCUT2D eigenvalue weighted by Gasteiger charge is -2.32. The molecular formula is C18H20N2O2S. The molecule has 1 aromatic carbocycles. The number of para-hydroxylation sites is 1. The second-order valence-corrected chi connectivity index (χ2v) is 6.82. The summed E-state index contributed by atoms with van der Waals surface area (Å²) < 4.78 is 0. The van der Waals surface area contributed by atoms with Crippen LogP contribution < -0.4 is 5.32 Å².